The van der Waals surface area contributed by atoms with Gasteiger partial charge in [0.15, 0.2) is 10.9 Å². The van der Waals surface area contributed by atoms with Gasteiger partial charge >= 0.3 is 0 Å². The lowest BCUT2D eigenvalue weighted by molar-refractivity contribution is 0.426. The molecule has 0 saturated carbocycles. The van der Waals surface area contributed by atoms with Crippen molar-refractivity contribution in [1.82, 2.24) is 14.7 Å². The van der Waals surface area contributed by atoms with Gasteiger partial charge in [0.1, 0.15) is 0 Å². The van der Waals surface area contributed by atoms with Gasteiger partial charge in [-0.25, -0.2) is 4.98 Å². The minimum absolute atomic E-state index is 0.762. The fourth-order valence-electron chi connectivity index (χ4n) is 2.57. The van der Waals surface area contributed by atoms with Crippen LogP contribution in [0.3, 0.4) is 0 Å². The molecule has 24 heavy (non-hydrogen) atoms. The molecule has 0 spiro atoms. The topological polar surface area (TPSA) is 43.9 Å². The fourth-order valence-corrected chi connectivity index (χ4v) is 3.57. The van der Waals surface area contributed by atoms with Crippen LogP contribution in [0.1, 0.15) is 36.8 Å². The molecule has 0 N–H and O–H groups in total. The highest BCUT2D eigenvalue weighted by Gasteiger charge is 2.13. The maximum Gasteiger partial charge on any atom is 0.168 e. The first-order valence-corrected chi connectivity index (χ1v) is 9.35. The zero-order valence-electron chi connectivity index (χ0n) is 14.5. The van der Waals surface area contributed by atoms with Crippen LogP contribution < -0.4 is 0 Å². The summed E-state index contributed by atoms with van der Waals surface area (Å²) in [4.78, 5) is 4.71. The smallest absolute Gasteiger partial charge is 0.168 e. The summed E-state index contributed by atoms with van der Waals surface area (Å²) in [5.74, 6) is 1.58. The minimum Gasteiger partial charge on any atom is -0.356 e. The molecule has 5 heteroatoms. The van der Waals surface area contributed by atoms with E-state index < -0.39 is 0 Å². The number of unbranched alkanes of at least 4 members (excludes halogenated alkanes) is 1. The molecule has 3 aromatic rings. The van der Waals surface area contributed by atoms with Gasteiger partial charge in [-0.3, -0.25) is 0 Å². The van der Waals surface area contributed by atoms with Crippen molar-refractivity contribution in [3.8, 4) is 11.3 Å². The molecule has 0 radical (unpaired) electrons. The van der Waals surface area contributed by atoms with Crippen LogP contribution in [0.4, 0.5) is 0 Å². The van der Waals surface area contributed by atoms with Crippen LogP contribution in [0, 0.1) is 13.8 Å². The van der Waals surface area contributed by atoms with Crippen LogP contribution in [-0.2, 0) is 12.3 Å². The second-order valence-electron chi connectivity index (χ2n) is 5.91. The van der Waals surface area contributed by atoms with E-state index in [9.17, 15) is 0 Å². The summed E-state index contributed by atoms with van der Waals surface area (Å²) in [7, 11) is 0. The van der Waals surface area contributed by atoms with Crippen molar-refractivity contribution in [1.29, 1.82) is 0 Å². The molecule has 0 aliphatic heterocycles. The largest absolute Gasteiger partial charge is 0.356 e. The highest BCUT2D eigenvalue weighted by molar-refractivity contribution is 7.98. The van der Waals surface area contributed by atoms with Crippen molar-refractivity contribution in [2.75, 3.05) is 0 Å². The Bertz CT molecular complexity index is 792. The zero-order valence-corrected chi connectivity index (χ0v) is 15.3. The molecule has 0 amide bonds. The summed E-state index contributed by atoms with van der Waals surface area (Å²) in [6.07, 6.45) is 2.36. The van der Waals surface area contributed by atoms with E-state index in [1.165, 1.54) is 18.5 Å². The molecule has 0 fully saturated rings. The Morgan fingerprint density at radius 2 is 1.96 bits per heavy atom. The molecule has 0 unspecified atom stereocenters. The molecular weight excluding hydrogens is 318 g/mol. The van der Waals surface area contributed by atoms with Crippen molar-refractivity contribution >= 4 is 11.8 Å². The van der Waals surface area contributed by atoms with Crippen LogP contribution in [0.15, 0.2) is 46.1 Å². The normalized spacial score (nSPS) is 11.1. The van der Waals surface area contributed by atoms with E-state index in [-0.39, 0.29) is 0 Å². The first-order chi connectivity index (χ1) is 11.7. The second-order valence-corrected chi connectivity index (χ2v) is 6.85. The molecule has 126 valence electrons. The highest BCUT2D eigenvalue weighted by Crippen LogP contribution is 2.27. The molecule has 0 bridgehead atoms. The van der Waals surface area contributed by atoms with Crippen LogP contribution in [0.5, 0.6) is 0 Å². The van der Waals surface area contributed by atoms with E-state index >= 15 is 0 Å². The van der Waals surface area contributed by atoms with Crippen molar-refractivity contribution in [2.45, 2.75) is 51.1 Å². The van der Waals surface area contributed by atoms with Crippen molar-refractivity contribution in [2.24, 2.45) is 0 Å². The second kappa shape index (κ2) is 7.71. The molecule has 1 aromatic carbocycles. The maximum atomic E-state index is 5.47. The number of aromatic nitrogens is 3. The highest BCUT2D eigenvalue weighted by atomic mass is 32.2. The molecule has 2 heterocycles. The van der Waals surface area contributed by atoms with Gasteiger partial charge in [0.05, 0.1) is 11.4 Å². The lowest BCUT2D eigenvalue weighted by Gasteiger charge is -2.08. The monoisotopic (exact) mass is 341 g/mol. The number of hydrogen-bond donors (Lipinski definition) is 0. The summed E-state index contributed by atoms with van der Waals surface area (Å²) in [6, 6.07) is 12.1. The first kappa shape index (κ1) is 16.8. The summed E-state index contributed by atoms with van der Waals surface area (Å²) in [6.45, 7) is 7.46. The standard InChI is InChI=1S/C19H23N3OS/c1-4-5-11-22-15(3)14(2)20-19(22)24-13-17-12-18(23-21-17)16-9-7-6-8-10-16/h6-10,12H,4-5,11,13H2,1-3H3. The summed E-state index contributed by atoms with van der Waals surface area (Å²) < 4.78 is 7.79. The Morgan fingerprint density at radius 3 is 2.71 bits per heavy atom. The molecular formula is C19H23N3OS. The van der Waals surface area contributed by atoms with Gasteiger partial charge in [0, 0.05) is 29.6 Å². The number of nitrogens with zero attached hydrogens (tertiary/aromatic N) is 3. The molecule has 0 saturated heterocycles. The maximum absolute atomic E-state index is 5.47. The quantitative estimate of drug-likeness (QED) is 0.551. The number of hydrogen-bond acceptors (Lipinski definition) is 4. The number of thioether (sulfide) groups is 1. The van der Waals surface area contributed by atoms with E-state index in [2.05, 4.69) is 30.5 Å². The van der Waals surface area contributed by atoms with Crippen molar-refractivity contribution in [3.63, 3.8) is 0 Å². The van der Waals surface area contributed by atoms with E-state index in [0.717, 1.165) is 40.2 Å². The lowest BCUT2D eigenvalue weighted by atomic mass is 10.2. The van der Waals surface area contributed by atoms with Gasteiger partial charge in [-0.05, 0) is 20.3 Å². The van der Waals surface area contributed by atoms with Crippen LogP contribution in [-0.4, -0.2) is 14.7 Å². The summed E-state index contributed by atoms with van der Waals surface area (Å²) in [5.41, 5.74) is 4.37. The average Bonchev–Trinajstić information content (AvgIpc) is 3.18. The Kier molecular flexibility index (Phi) is 5.41. The summed E-state index contributed by atoms with van der Waals surface area (Å²) in [5, 5.41) is 5.27. The van der Waals surface area contributed by atoms with Crippen molar-refractivity contribution in [3.05, 3.63) is 53.5 Å². The molecule has 0 aliphatic carbocycles. The van der Waals surface area contributed by atoms with Gasteiger partial charge < -0.3 is 9.09 Å². The van der Waals surface area contributed by atoms with Gasteiger partial charge in [-0.15, -0.1) is 0 Å². The molecule has 3 rings (SSSR count). The van der Waals surface area contributed by atoms with Crippen molar-refractivity contribution < 1.29 is 4.52 Å². The predicted molar refractivity (Wildman–Crippen MR) is 98.1 cm³/mol. The molecule has 0 atom stereocenters. The number of benzene rings is 1. The number of aryl methyl sites for hydroxylation is 1. The summed E-state index contributed by atoms with van der Waals surface area (Å²) >= 11 is 1.72. The number of imidazole rings is 1. The molecule has 2 aromatic heterocycles. The predicted octanol–water partition coefficient (Wildman–Crippen LogP) is 5.25. The minimum atomic E-state index is 0.762. The molecule has 0 aliphatic rings. The van der Waals surface area contributed by atoms with Gasteiger partial charge in [0.25, 0.3) is 0 Å². The van der Waals surface area contributed by atoms with E-state index in [1.54, 1.807) is 11.8 Å². The van der Waals surface area contributed by atoms with E-state index in [0.29, 0.717) is 0 Å². The Morgan fingerprint density at radius 1 is 1.17 bits per heavy atom. The van der Waals surface area contributed by atoms with Crippen LogP contribution >= 0.6 is 11.8 Å². The average molecular weight is 341 g/mol. The SMILES string of the molecule is CCCCn1c(SCc2cc(-c3ccccc3)on2)nc(C)c1C. The Labute approximate surface area is 147 Å². The third-order valence-corrected chi connectivity index (χ3v) is 5.13. The van der Waals surface area contributed by atoms with E-state index in [1.807, 2.05) is 36.4 Å². The van der Waals surface area contributed by atoms with Gasteiger partial charge in [-0.1, -0.05) is 60.6 Å². The van der Waals surface area contributed by atoms with Gasteiger partial charge in [-0.2, -0.15) is 0 Å². The van der Waals surface area contributed by atoms with Crippen LogP contribution in [0.2, 0.25) is 0 Å². The fraction of sp³-hybridized carbons (Fsp3) is 0.368. The first-order valence-electron chi connectivity index (χ1n) is 8.36. The Balaban J connectivity index is 1.70. The third-order valence-electron chi connectivity index (χ3n) is 4.12. The number of rotatable bonds is 7. The zero-order chi connectivity index (χ0) is 16.9. The lowest BCUT2D eigenvalue weighted by Crippen LogP contribution is -2.02. The third kappa shape index (κ3) is 3.73. The van der Waals surface area contributed by atoms with Gasteiger partial charge in [0.2, 0.25) is 0 Å². The van der Waals surface area contributed by atoms with Crippen LogP contribution in [0.25, 0.3) is 11.3 Å². The Hall–Kier alpha value is -2.01. The van der Waals surface area contributed by atoms with E-state index in [4.69, 9.17) is 9.51 Å². The molecule has 4 nitrogen and oxygen atoms in total.